The topological polar surface area (TPSA) is 52.3 Å². The fraction of sp³-hybridized carbons (Fsp3) is 0. The van der Waals surface area contributed by atoms with E-state index in [4.69, 9.17) is 10.5 Å². The van der Waals surface area contributed by atoms with Gasteiger partial charge in [-0.1, -0.05) is 54.6 Å². The van der Waals surface area contributed by atoms with Crippen molar-refractivity contribution < 1.29 is 9.53 Å². The Balaban J connectivity index is 1.87. The summed E-state index contributed by atoms with van der Waals surface area (Å²) < 4.78 is 5.76. The number of nitrogen functional groups attached to an aromatic ring is 1. The molecule has 0 atom stereocenters. The van der Waals surface area contributed by atoms with Gasteiger partial charge in [0.25, 0.3) is 0 Å². The average Bonchev–Trinajstić information content (AvgIpc) is 2.57. The minimum absolute atomic E-state index is 0.0351. The molecule has 0 heterocycles. The zero-order chi connectivity index (χ0) is 15.4. The Labute approximate surface area is 129 Å². The molecule has 0 saturated heterocycles. The summed E-state index contributed by atoms with van der Waals surface area (Å²) in [6.45, 7) is 0. The maximum atomic E-state index is 12.4. The van der Waals surface area contributed by atoms with Crippen molar-refractivity contribution in [1.29, 1.82) is 0 Å². The molecule has 0 aromatic heterocycles. The normalized spacial score (nSPS) is 10.2. The fourth-order valence-electron chi connectivity index (χ4n) is 2.16. The van der Waals surface area contributed by atoms with Gasteiger partial charge < -0.3 is 10.5 Å². The Bertz CT molecular complexity index is 797. The van der Waals surface area contributed by atoms with Crippen molar-refractivity contribution >= 4 is 11.5 Å². The number of ketones is 1. The molecule has 0 aliphatic carbocycles. The summed E-state index contributed by atoms with van der Waals surface area (Å²) in [6, 6.07) is 23.5. The zero-order valence-electron chi connectivity index (χ0n) is 11.9. The van der Waals surface area contributed by atoms with E-state index >= 15 is 0 Å². The van der Waals surface area contributed by atoms with Crippen molar-refractivity contribution in [2.45, 2.75) is 0 Å². The first-order chi connectivity index (χ1) is 10.7. The third-order valence-corrected chi connectivity index (χ3v) is 3.28. The molecule has 3 rings (SSSR count). The summed E-state index contributed by atoms with van der Waals surface area (Å²) in [4.78, 5) is 12.4. The second kappa shape index (κ2) is 6.14. The highest BCUT2D eigenvalue weighted by molar-refractivity contribution is 6.09. The van der Waals surface area contributed by atoms with Gasteiger partial charge in [-0.3, -0.25) is 4.79 Å². The largest absolute Gasteiger partial charge is 0.455 e. The van der Waals surface area contributed by atoms with Crippen LogP contribution in [0.2, 0.25) is 0 Å². The van der Waals surface area contributed by atoms with Crippen molar-refractivity contribution in [3.8, 4) is 11.5 Å². The Morgan fingerprint density at radius 1 is 0.773 bits per heavy atom. The van der Waals surface area contributed by atoms with Gasteiger partial charge >= 0.3 is 0 Å². The lowest BCUT2D eigenvalue weighted by atomic mass is 10.0. The molecule has 0 spiro atoms. The molecule has 3 aromatic carbocycles. The summed E-state index contributed by atoms with van der Waals surface area (Å²) in [5.74, 6) is 1.12. The second-order valence-electron chi connectivity index (χ2n) is 4.86. The van der Waals surface area contributed by atoms with Crippen molar-refractivity contribution in [1.82, 2.24) is 0 Å². The Kier molecular flexibility index (Phi) is 3.88. The van der Waals surface area contributed by atoms with E-state index in [1.807, 2.05) is 30.3 Å². The van der Waals surface area contributed by atoms with Crippen LogP contribution in [0.25, 0.3) is 0 Å². The van der Waals surface area contributed by atoms with Crippen molar-refractivity contribution in [2.75, 3.05) is 5.73 Å². The third kappa shape index (κ3) is 2.99. The molecule has 22 heavy (non-hydrogen) atoms. The van der Waals surface area contributed by atoms with E-state index in [1.165, 1.54) is 0 Å². The summed E-state index contributed by atoms with van der Waals surface area (Å²) >= 11 is 0. The van der Waals surface area contributed by atoms with Gasteiger partial charge in [-0.25, -0.2) is 0 Å². The molecular weight excluding hydrogens is 274 g/mol. The van der Waals surface area contributed by atoms with Crippen molar-refractivity contribution in [3.05, 3.63) is 90.0 Å². The molecule has 2 N–H and O–H groups in total. The molecule has 0 fully saturated rings. The van der Waals surface area contributed by atoms with Gasteiger partial charge in [0.2, 0.25) is 0 Å². The van der Waals surface area contributed by atoms with E-state index in [0.717, 1.165) is 0 Å². The standard InChI is InChI=1S/C19H15NO2/c20-17-11-4-5-12-18(17)22-16-10-6-9-15(13-16)19(21)14-7-2-1-3-8-14/h1-13H,20H2. The van der Waals surface area contributed by atoms with Gasteiger partial charge in [0, 0.05) is 11.1 Å². The number of carbonyl (C=O) groups excluding carboxylic acids is 1. The number of ether oxygens (including phenoxy) is 1. The summed E-state index contributed by atoms with van der Waals surface area (Å²) in [6.07, 6.45) is 0. The predicted octanol–water partition coefficient (Wildman–Crippen LogP) is 4.29. The van der Waals surface area contributed by atoms with E-state index in [-0.39, 0.29) is 5.78 Å². The molecule has 0 aliphatic heterocycles. The monoisotopic (exact) mass is 289 g/mol. The van der Waals surface area contributed by atoms with Crippen LogP contribution in [0.5, 0.6) is 11.5 Å². The van der Waals surface area contributed by atoms with Crippen molar-refractivity contribution in [2.24, 2.45) is 0 Å². The third-order valence-electron chi connectivity index (χ3n) is 3.28. The van der Waals surface area contributed by atoms with Crippen LogP contribution < -0.4 is 10.5 Å². The van der Waals surface area contributed by atoms with Crippen LogP contribution in [0, 0.1) is 0 Å². The lowest BCUT2D eigenvalue weighted by Crippen LogP contribution is -2.01. The smallest absolute Gasteiger partial charge is 0.193 e. The maximum absolute atomic E-state index is 12.4. The molecule has 0 radical (unpaired) electrons. The van der Waals surface area contributed by atoms with E-state index in [0.29, 0.717) is 28.3 Å². The predicted molar refractivity (Wildman–Crippen MR) is 87.2 cm³/mol. The number of hydrogen-bond donors (Lipinski definition) is 1. The first kappa shape index (κ1) is 13.9. The van der Waals surface area contributed by atoms with Crippen LogP contribution in [0.4, 0.5) is 5.69 Å². The average molecular weight is 289 g/mol. The van der Waals surface area contributed by atoms with Crippen LogP contribution >= 0.6 is 0 Å². The van der Waals surface area contributed by atoms with E-state index in [2.05, 4.69) is 0 Å². The van der Waals surface area contributed by atoms with Gasteiger partial charge in [0.05, 0.1) is 5.69 Å². The van der Waals surface area contributed by atoms with Crippen LogP contribution in [0.15, 0.2) is 78.9 Å². The molecule has 0 aliphatic rings. The molecule has 3 nitrogen and oxygen atoms in total. The zero-order valence-corrected chi connectivity index (χ0v) is 11.9. The summed E-state index contributed by atoms with van der Waals surface area (Å²) in [7, 11) is 0. The fourth-order valence-corrected chi connectivity index (χ4v) is 2.16. The number of hydrogen-bond acceptors (Lipinski definition) is 3. The lowest BCUT2D eigenvalue weighted by Gasteiger charge is -2.09. The molecule has 0 bridgehead atoms. The number of benzene rings is 3. The minimum Gasteiger partial charge on any atom is -0.455 e. The van der Waals surface area contributed by atoms with Crippen LogP contribution in [-0.2, 0) is 0 Å². The molecule has 0 saturated carbocycles. The Morgan fingerprint density at radius 2 is 1.45 bits per heavy atom. The number of para-hydroxylation sites is 2. The highest BCUT2D eigenvalue weighted by Crippen LogP contribution is 2.27. The van der Waals surface area contributed by atoms with Gasteiger partial charge in [-0.15, -0.1) is 0 Å². The first-order valence-corrected chi connectivity index (χ1v) is 6.96. The molecule has 0 amide bonds. The molecule has 0 unspecified atom stereocenters. The van der Waals surface area contributed by atoms with Gasteiger partial charge in [0.15, 0.2) is 5.78 Å². The lowest BCUT2D eigenvalue weighted by molar-refractivity contribution is 0.103. The van der Waals surface area contributed by atoms with E-state index < -0.39 is 0 Å². The minimum atomic E-state index is -0.0351. The second-order valence-corrected chi connectivity index (χ2v) is 4.86. The number of carbonyl (C=O) groups is 1. The number of anilines is 1. The Hall–Kier alpha value is -3.07. The molecule has 3 heteroatoms. The highest BCUT2D eigenvalue weighted by Gasteiger charge is 2.10. The molecule has 3 aromatic rings. The highest BCUT2D eigenvalue weighted by atomic mass is 16.5. The summed E-state index contributed by atoms with van der Waals surface area (Å²) in [5.41, 5.74) is 7.66. The van der Waals surface area contributed by atoms with Gasteiger partial charge in [0.1, 0.15) is 11.5 Å². The Morgan fingerprint density at radius 3 is 2.23 bits per heavy atom. The number of nitrogens with two attached hydrogens (primary N) is 1. The van der Waals surface area contributed by atoms with Crippen LogP contribution in [0.1, 0.15) is 15.9 Å². The SMILES string of the molecule is Nc1ccccc1Oc1cccc(C(=O)c2ccccc2)c1. The van der Waals surface area contributed by atoms with Crippen molar-refractivity contribution in [3.63, 3.8) is 0 Å². The summed E-state index contributed by atoms with van der Waals surface area (Å²) in [5, 5.41) is 0. The maximum Gasteiger partial charge on any atom is 0.193 e. The molecular formula is C19H15NO2. The van der Waals surface area contributed by atoms with Crippen LogP contribution in [-0.4, -0.2) is 5.78 Å². The van der Waals surface area contributed by atoms with E-state index in [9.17, 15) is 4.79 Å². The quantitative estimate of drug-likeness (QED) is 0.575. The van der Waals surface area contributed by atoms with E-state index in [1.54, 1.807) is 48.5 Å². The first-order valence-electron chi connectivity index (χ1n) is 6.96. The van der Waals surface area contributed by atoms with Gasteiger partial charge in [-0.05, 0) is 24.3 Å². The molecule has 108 valence electrons. The number of rotatable bonds is 4. The van der Waals surface area contributed by atoms with Crippen LogP contribution in [0.3, 0.4) is 0 Å². The van der Waals surface area contributed by atoms with Gasteiger partial charge in [-0.2, -0.15) is 0 Å².